The highest BCUT2D eigenvalue weighted by molar-refractivity contribution is 8.46. The first-order valence-corrected chi connectivity index (χ1v) is 14.3. The molecular weight excluding hydrogens is 445 g/mol. The van der Waals surface area contributed by atoms with Crippen LogP contribution in [0.2, 0.25) is 0 Å². The molecule has 0 atom stereocenters. The van der Waals surface area contributed by atoms with Gasteiger partial charge in [0.1, 0.15) is 3.85 Å². The van der Waals surface area contributed by atoms with Crippen LogP contribution in [0.1, 0.15) is 36.5 Å². The van der Waals surface area contributed by atoms with E-state index in [1.165, 1.54) is 64.9 Å². The van der Waals surface area contributed by atoms with Crippen LogP contribution in [-0.4, -0.2) is 11.5 Å². The monoisotopic (exact) mass is 464 g/mol. The second-order valence-corrected chi connectivity index (χ2v) is 14.5. The smallest absolute Gasteiger partial charge is 0.101 e. The fraction of sp³-hybridized carbons (Fsp3) is 0.333. The normalized spacial score (nSPS) is 17.6. The van der Waals surface area contributed by atoms with Crippen molar-refractivity contribution in [2.24, 2.45) is 0 Å². The Hall–Kier alpha value is 0.0200. The van der Waals surface area contributed by atoms with E-state index < -0.39 is 0 Å². The molecule has 0 amide bonds. The third-order valence-corrected chi connectivity index (χ3v) is 14.0. The van der Waals surface area contributed by atoms with Crippen molar-refractivity contribution in [3.05, 3.63) is 47.2 Å². The molecule has 140 valence electrons. The van der Waals surface area contributed by atoms with Gasteiger partial charge in [0.15, 0.2) is 0 Å². The second-order valence-electron chi connectivity index (χ2n) is 7.14. The molecule has 3 heterocycles. The topological polar surface area (TPSA) is 0 Å². The van der Waals surface area contributed by atoms with Gasteiger partial charge in [0.25, 0.3) is 0 Å². The minimum atomic E-state index is 0.556. The van der Waals surface area contributed by atoms with Crippen LogP contribution in [0.15, 0.2) is 26.7 Å². The summed E-state index contributed by atoms with van der Waals surface area (Å²) in [6.07, 6.45) is 0. The van der Waals surface area contributed by atoms with Crippen molar-refractivity contribution in [3.63, 3.8) is 0 Å². The van der Waals surface area contributed by atoms with Crippen molar-refractivity contribution < 1.29 is 0 Å². The molecule has 0 nitrogen and oxygen atoms in total. The van der Waals surface area contributed by atoms with Gasteiger partial charge in [0, 0.05) is 21.6 Å². The molecule has 0 bridgehead atoms. The lowest BCUT2D eigenvalue weighted by atomic mass is 10.0. The third-order valence-electron chi connectivity index (χ3n) is 4.99. The molecule has 1 aromatic heterocycles. The van der Waals surface area contributed by atoms with E-state index in [2.05, 4.69) is 45.9 Å². The lowest BCUT2D eigenvalue weighted by molar-refractivity contribution is 0.869. The number of hydrogen-bond acceptors (Lipinski definition) is 6. The standard InChI is InChI=1S/C21H20S6/c1-10(2)13-6-5-11(3)15-14(9-13)12(4)16-17(15)25-20(24-16)21-26-18-19(27-21)23-8-7-22-18/h5-6,9-10H,7-8H2,1-4H3. The molecule has 2 aliphatic heterocycles. The summed E-state index contributed by atoms with van der Waals surface area (Å²) in [5, 5.41) is 2.92. The highest BCUT2D eigenvalue weighted by Crippen LogP contribution is 2.60. The van der Waals surface area contributed by atoms with Crippen molar-refractivity contribution >= 4 is 94.1 Å². The summed E-state index contributed by atoms with van der Waals surface area (Å²) in [5.74, 6) is 3.06. The number of aryl methyl sites for hydroxylation is 2. The van der Waals surface area contributed by atoms with Gasteiger partial charge in [-0.15, -0.1) is 46.2 Å². The molecule has 27 heavy (non-hydrogen) atoms. The molecule has 5 rings (SSSR count). The quantitative estimate of drug-likeness (QED) is 0.355. The third kappa shape index (κ3) is 3.24. The lowest BCUT2D eigenvalue weighted by Crippen LogP contribution is -1.88. The van der Waals surface area contributed by atoms with E-state index in [4.69, 9.17) is 0 Å². The average Bonchev–Trinajstić information content (AvgIpc) is 3.28. The SMILES string of the molecule is Cc1c2cc(C(C)C)ccc(C)c2c2sc(=C3SC4=C(SCCS4)S3)sc12. The van der Waals surface area contributed by atoms with Crippen LogP contribution in [0, 0.1) is 13.8 Å². The Morgan fingerprint density at radius 2 is 1.52 bits per heavy atom. The van der Waals surface area contributed by atoms with Gasteiger partial charge in [-0.05, 0) is 41.8 Å². The van der Waals surface area contributed by atoms with Crippen LogP contribution >= 0.6 is 69.7 Å². The Morgan fingerprint density at radius 1 is 0.852 bits per heavy atom. The van der Waals surface area contributed by atoms with Crippen molar-refractivity contribution in [1.29, 1.82) is 0 Å². The molecule has 2 aromatic carbocycles. The van der Waals surface area contributed by atoms with Crippen molar-refractivity contribution in [1.82, 2.24) is 0 Å². The van der Waals surface area contributed by atoms with Gasteiger partial charge in [-0.1, -0.05) is 55.6 Å². The Kier molecular flexibility index (Phi) is 5.19. The lowest BCUT2D eigenvalue weighted by Gasteiger charge is -2.08. The predicted molar refractivity (Wildman–Crippen MR) is 135 cm³/mol. The Morgan fingerprint density at radius 3 is 2.19 bits per heavy atom. The van der Waals surface area contributed by atoms with Gasteiger partial charge in [-0.25, -0.2) is 0 Å². The Balaban J connectivity index is 1.73. The van der Waals surface area contributed by atoms with Gasteiger partial charge in [0.2, 0.25) is 0 Å². The molecule has 0 unspecified atom stereocenters. The zero-order valence-electron chi connectivity index (χ0n) is 15.7. The minimum absolute atomic E-state index is 0.556. The van der Waals surface area contributed by atoms with E-state index in [1.54, 1.807) is 0 Å². The zero-order valence-corrected chi connectivity index (χ0v) is 20.6. The van der Waals surface area contributed by atoms with E-state index in [9.17, 15) is 0 Å². The molecule has 0 radical (unpaired) electrons. The van der Waals surface area contributed by atoms with Gasteiger partial charge in [-0.3, -0.25) is 0 Å². The first-order valence-electron chi connectivity index (χ1n) is 9.05. The first-order chi connectivity index (χ1) is 13.0. The summed E-state index contributed by atoms with van der Waals surface area (Å²) in [5.41, 5.74) is 4.29. The number of thioether (sulfide) groups is 4. The van der Waals surface area contributed by atoms with E-state index >= 15 is 0 Å². The van der Waals surface area contributed by atoms with Crippen molar-refractivity contribution in [2.45, 2.75) is 33.6 Å². The number of hydrogen-bond donors (Lipinski definition) is 0. The van der Waals surface area contributed by atoms with Gasteiger partial charge >= 0.3 is 0 Å². The maximum atomic E-state index is 2.43. The maximum Gasteiger partial charge on any atom is 0.101 e. The molecular formula is C21H20S6. The average molecular weight is 465 g/mol. The van der Waals surface area contributed by atoms with Crippen LogP contribution in [0.25, 0.3) is 24.4 Å². The van der Waals surface area contributed by atoms with Crippen molar-refractivity contribution in [3.8, 4) is 0 Å². The maximum absolute atomic E-state index is 2.43. The first kappa shape index (κ1) is 19.0. The summed E-state index contributed by atoms with van der Waals surface area (Å²) in [6.45, 7) is 9.16. The zero-order chi connectivity index (χ0) is 18.7. The molecule has 0 N–H and O–H groups in total. The van der Waals surface area contributed by atoms with E-state index in [0.717, 1.165) is 0 Å². The molecule has 0 fully saturated rings. The minimum Gasteiger partial charge on any atom is -0.122 e. The number of fused-ring (bicyclic) bond motifs is 3. The molecule has 3 aromatic rings. The molecule has 0 saturated heterocycles. The second kappa shape index (κ2) is 7.37. The molecule has 0 aliphatic carbocycles. The molecule has 0 saturated carbocycles. The largest absolute Gasteiger partial charge is 0.122 e. The van der Waals surface area contributed by atoms with Crippen LogP contribution in [0.3, 0.4) is 0 Å². The molecule has 6 heteroatoms. The van der Waals surface area contributed by atoms with Crippen LogP contribution in [0.4, 0.5) is 0 Å². The fourth-order valence-electron chi connectivity index (χ4n) is 3.48. The van der Waals surface area contributed by atoms with Crippen LogP contribution in [-0.2, 0) is 0 Å². The van der Waals surface area contributed by atoms with Crippen LogP contribution < -0.4 is 3.85 Å². The van der Waals surface area contributed by atoms with E-state index in [1.807, 2.05) is 69.7 Å². The highest BCUT2D eigenvalue weighted by atomic mass is 32.3. The summed E-state index contributed by atoms with van der Waals surface area (Å²) >= 11 is 12.1. The Bertz CT molecular complexity index is 1150. The van der Waals surface area contributed by atoms with Gasteiger partial charge in [-0.2, -0.15) is 0 Å². The van der Waals surface area contributed by atoms with Crippen LogP contribution in [0.5, 0.6) is 0 Å². The molecule has 2 aliphatic rings. The summed E-state index contributed by atoms with van der Waals surface area (Å²) in [6, 6.07) is 7.06. The summed E-state index contributed by atoms with van der Waals surface area (Å²) in [4.78, 5) is 0. The molecule has 0 spiro atoms. The van der Waals surface area contributed by atoms with Gasteiger partial charge < -0.3 is 0 Å². The van der Waals surface area contributed by atoms with E-state index in [0.29, 0.717) is 5.92 Å². The highest BCUT2D eigenvalue weighted by Gasteiger charge is 2.26. The van der Waals surface area contributed by atoms with Gasteiger partial charge in [0.05, 0.1) is 17.4 Å². The van der Waals surface area contributed by atoms with Crippen molar-refractivity contribution in [2.75, 3.05) is 11.5 Å². The number of rotatable bonds is 1. The summed E-state index contributed by atoms with van der Waals surface area (Å²) in [7, 11) is 0. The van der Waals surface area contributed by atoms with E-state index in [-0.39, 0.29) is 0 Å². The predicted octanol–water partition coefficient (Wildman–Crippen LogP) is 8.29. The Labute approximate surface area is 185 Å². The summed E-state index contributed by atoms with van der Waals surface area (Å²) < 4.78 is 9.05. The fourth-order valence-corrected chi connectivity index (χ4v) is 12.6.